The van der Waals surface area contributed by atoms with Crippen LogP contribution in [0.15, 0.2) is 46.2 Å². The van der Waals surface area contributed by atoms with E-state index in [9.17, 15) is 9.59 Å². The molecule has 2 aromatic heterocycles. The first-order chi connectivity index (χ1) is 10.00. The smallest absolute Gasteiger partial charge is 0.248 e. The Balaban J connectivity index is 0. The molecule has 0 fully saturated rings. The standard InChI is InChI=1S/2C9H13NO.2CH4/c1-9(2,3)7-4-5-10-8(11)6-7;1-9(2,3)7-4-5-8(11)10-6-7;;/h2*4-6H,1-3H3,(H,10,11);2*1H4. The molecule has 0 saturated heterocycles. The van der Waals surface area contributed by atoms with Gasteiger partial charge in [0.05, 0.1) is 0 Å². The maximum absolute atomic E-state index is 10.9. The lowest BCUT2D eigenvalue weighted by atomic mass is 9.88. The van der Waals surface area contributed by atoms with Crippen LogP contribution in [0.1, 0.15) is 67.5 Å². The van der Waals surface area contributed by atoms with Gasteiger partial charge in [-0.15, -0.1) is 0 Å². The van der Waals surface area contributed by atoms with Crippen molar-refractivity contribution in [2.24, 2.45) is 0 Å². The van der Waals surface area contributed by atoms with Crippen molar-refractivity contribution in [2.45, 2.75) is 67.2 Å². The maximum atomic E-state index is 10.9. The largest absolute Gasteiger partial charge is 0.329 e. The molecule has 2 heterocycles. The summed E-state index contributed by atoms with van der Waals surface area (Å²) in [6, 6.07) is 6.99. The highest BCUT2D eigenvalue weighted by Crippen LogP contribution is 2.19. The fourth-order valence-electron chi connectivity index (χ4n) is 1.79. The minimum absolute atomic E-state index is 0. The molecule has 0 saturated carbocycles. The molecule has 0 unspecified atom stereocenters. The average Bonchev–Trinajstić information content (AvgIpc) is 2.38. The first-order valence-corrected chi connectivity index (χ1v) is 7.38. The molecular weight excluding hydrogens is 300 g/mol. The Bertz CT molecular complexity index is 693. The number of rotatable bonds is 0. The van der Waals surface area contributed by atoms with Gasteiger partial charge in [-0.3, -0.25) is 9.59 Å². The summed E-state index contributed by atoms with van der Waals surface area (Å²) in [5, 5.41) is 0. The molecule has 0 bridgehead atoms. The maximum Gasteiger partial charge on any atom is 0.248 e. The SMILES string of the molecule is C.C.CC(C)(C)c1cc[nH]c(=O)c1.CC(C)(C)c1ccc(=O)[nH]c1. The molecule has 0 aromatic carbocycles. The van der Waals surface area contributed by atoms with Gasteiger partial charge in [0, 0.05) is 24.5 Å². The molecule has 0 spiro atoms. The van der Waals surface area contributed by atoms with Gasteiger partial charge in [0.15, 0.2) is 0 Å². The van der Waals surface area contributed by atoms with Gasteiger partial charge in [-0.1, -0.05) is 62.5 Å². The van der Waals surface area contributed by atoms with Crippen molar-refractivity contribution in [3.8, 4) is 0 Å². The fourth-order valence-corrected chi connectivity index (χ4v) is 1.79. The molecule has 4 nitrogen and oxygen atoms in total. The normalized spacial score (nSPS) is 10.6. The minimum atomic E-state index is -0.0435. The van der Waals surface area contributed by atoms with Crippen molar-refractivity contribution in [2.75, 3.05) is 0 Å². The van der Waals surface area contributed by atoms with Crippen LogP contribution in [0, 0.1) is 0 Å². The van der Waals surface area contributed by atoms with Gasteiger partial charge in [0.25, 0.3) is 0 Å². The van der Waals surface area contributed by atoms with Gasteiger partial charge in [0.2, 0.25) is 11.1 Å². The second-order valence-electron chi connectivity index (χ2n) is 7.38. The molecule has 2 N–H and O–H groups in total. The van der Waals surface area contributed by atoms with Crippen LogP contribution in [-0.2, 0) is 10.8 Å². The summed E-state index contributed by atoms with van der Waals surface area (Å²) in [5.41, 5.74) is 2.33. The molecule has 0 amide bonds. The molecule has 0 radical (unpaired) electrons. The fraction of sp³-hybridized carbons (Fsp3) is 0.500. The van der Waals surface area contributed by atoms with Crippen molar-refractivity contribution in [1.29, 1.82) is 0 Å². The Morgan fingerprint density at radius 3 is 1.58 bits per heavy atom. The first-order valence-electron chi connectivity index (χ1n) is 7.38. The second-order valence-corrected chi connectivity index (χ2v) is 7.38. The van der Waals surface area contributed by atoms with E-state index in [1.165, 1.54) is 0 Å². The van der Waals surface area contributed by atoms with Crippen LogP contribution in [-0.4, -0.2) is 9.97 Å². The summed E-state index contributed by atoms with van der Waals surface area (Å²) in [6.07, 6.45) is 3.45. The summed E-state index contributed by atoms with van der Waals surface area (Å²) >= 11 is 0. The van der Waals surface area contributed by atoms with E-state index in [1.807, 2.05) is 12.1 Å². The lowest BCUT2D eigenvalue weighted by Gasteiger charge is -2.17. The Morgan fingerprint density at radius 2 is 1.25 bits per heavy atom. The van der Waals surface area contributed by atoms with E-state index in [1.54, 1.807) is 24.5 Å². The minimum Gasteiger partial charge on any atom is -0.329 e. The van der Waals surface area contributed by atoms with Crippen molar-refractivity contribution in [3.63, 3.8) is 0 Å². The van der Waals surface area contributed by atoms with Crippen LogP contribution >= 0.6 is 0 Å². The number of hydrogen-bond donors (Lipinski definition) is 2. The molecule has 24 heavy (non-hydrogen) atoms. The molecule has 0 aliphatic rings. The van der Waals surface area contributed by atoms with Gasteiger partial charge in [-0.25, -0.2) is 0 Å². The summed E-state index contributed by atoms with van der Waals surface area (Å²) in [6.45, 7) is 12.6. The Morgan fingerprint density at radius 1 is 0.708 bits per heavy atom. The van der Waals surface area contributed by atoms with Crippen molar-refractivity contribution in [3.05, 3.63) is 68.5 Å². The summed E-state index contributed by atoms with van der Waals surface area (Å²) in [5.74, 6) is 0. The van der Waals surface area contributed by atoms with Gasteiger partial charge >= 0.3 is 0 Å². The van der Waals surface area contributed by atoms with Crippen LogP contribution < -0.4 is 11.1 Å². The highest BCUT2D eigenvalue weighted by Gasteiger charge is 2.13. The number of aromatic amines is 2. The third-order valence-corrected chi connectivity index (χ3v) is 3.29. The highest BCUT2D eigenvalue weighted by molar-refractivity contribution is 5.19. The third kappa shape index (κ3) is 7.95. The molecule has 136 valence electrons. The lowest BCUT2D eigenvalue weighted by molar-refractivity contribution is 0.587. The van der Waals surface area contributed by atoms with Crippen LogP contribution in [0.25, 0.3) is 0 Å². The second kappa shape index (κ2) is 9.26. The zero-order chi connectivity index (χ0) is 17.0. The van der Waals surface area contributed by atoms with Crippen LogP contribution in [0.2, 0.25) is 0 Å². The van der Waals surface area contributed by atoms with E-state index in [0.717, 1.165) is 11.1 Å². The molecule has 2 aromatic rings. The van der Waals surface area contributed by atoms with E-state index in [0.29, 0.717) is 0 Å². The zero-order valence-electron chi connectivity index (χ0n) is 14.3. The van der Waals surface area contributed by atoms with Crippen LogP contribution in [0.5, 0.6) is 0 Å². The molecule has 4 heteroatoms. The topological polar surface area (TPSA) is 65.7 Å². The monoisotopic (exact) mass is 334 g/mol. The molecular formula is C20H34N2O2. The predicted molar refractivity (Wildman–Crippen MR) is 105 cm³/mol. The van der Waals surface area contributed by atoms with Gasteiger partial charge < -0.3 is 9.97 Å². The van der Waals surface area contributed by atoms with E-state index in [4.69, 9.17) is 0 Å². The summed E-state index contributed by atoms with van der Waals surface area (Å²) in [4.78, 5) is 26.8. The van der Waals surface area contributed by atoms with Crippen molar-refractivity contribution >= 4 is 0 Å². The molecule has 2 rings (SSSR count). The Kier molecular flexibility index (Phi) is 9.32. The highest BCUT2D eigenvalue weighted by atomic mass is 16.1. The van der Waals surface area contributed by atoms with Crippen molar-refractivity contribution in [1.82, 2.24) is 9.97 Å². The molecule has 0 atom stereocenters. The third-order valence-electron chi connectivity index (χ3n) is 3.29. The number of H-pyrrole nitrogens is 2. The van der Waals surface area contributed by atoms with E-state index >= 15 is 0 Å². The lowest BCUT2D eigenvalue weighted by Crippen LogP contribution is -2.15. The van der Waals surface area contributed by atoms with Gasteiger partial charge in [-0.2, -0.15) is 0 Å². The molecule has 0 aliphatic carbocycles. The quantitative estimate of drug-likeness (QED) is 0.738. The Hall–Kier alpha value is -2.10. The van der Waals surface area contributed by atoms with E-state index < -0.39 is 0 Å². The molecule has 0 aliphatic heterocycles. The van der Waals surface area contributed by atoms with Crippen LogP contribution in [0.3, 0.4) is 0 Å². The summed E-state index contributed by atoms with van der Waals surface area (Å²) in [7, 11) is 0. The van der Waals surface area contributed by atoms with E-state index in [-0.39, 0.29) is 36.8 Å². The van der Waals surface area contributed by atoms with E-state index in [2.05, 4.69) is 51.5 Å². The average molecular weight is 335 g/mol. The Labute approximate surface area is 146 Å². The first kappa shape index (κ1) is 24.2. The predicted octanol–water partition coefficient (Wildman–Crippen LogP) is 4.62. The van der Waals surface area contributed by atoms with Crippen molar-refractivity contribution < 1.29 is 0 Å². The number of nitrogens with one attached hydrogen (secondary N) is 2. The summed E-state index contributed by atoms with van der Waals surface area (Å²) < 4.78 is 0. The van der Waals surface area contributed by atoms with Gasteiger partial charge in [-0.05, 0) is 28.0 Å². The number of pyridine rings is 2. The number of aromatic nitrogens is 2. The van der Waals surface area contributed by atoms with Crippen LogP contribution in [0.4, 0.5) is 0 Å². The number of hydrogen-bond acceptors (Lipinski definition) is 2. The zero-order valence-corrected chi connectivity index (χ0v) is 14.3. The van der Waals surface area contributed by atoms with Gasteiger partial charge in [0.1, 0.15) is 0 Å².